The number of rotatable bonds is 2. The van der Waals surface area contributed by atoms with Crippen LogP contribution in [-0.2, 0) is 0 Å². The summed E-state index contributed by atoms with van der Waals surface area (Å²) in [5, 5.41) is 3.12. The number of methoxy groups -OCH3 is 1. The molecule has 0 bridgehead atoms. The average molecular weight is 260 g/mol. The maximum atomic E-state index is 13.6. The molecule has 2 rings (SSSR count). The molecule has 0 radical (unpaired) electrons. The first-order chi connectivity index (χ1) is 6.72. The molecule has 1 fully saturated rings. The molecule has 1 aliphatic heterocycles. The third-order valence-electron chi connectivity index (χ3n) is 2.47. The van der Waals surface area contributed by atoms with Crippen LogP contribution in [0.5, 0.6) is 5.75 Å². The molecule has 2 nitrogen and oxygen atoms in total. The third kappa shape index (κ3) is 1.64. The highest BCUT2D eigenvalue weighted by Crippen LogP contribution is 2.34. The van der Waals surface area contributed by atoms with Crippen molar-refractivity contribution in [3.05, 3.63) is 28.0 Å². The van der Waals surface area contributed by atoms with Gasteiger partial charge in [-0.15, -0.1) is 0 Å². The lowest BCUT2D eigenvalue weighted by molar-refractivity contribution is 0.373. The molecule has 0 amide bonds. The van der Waals surface area contributed by atoms with E-state index in [2.05, 4.69) is 21.2 Å². The zero-order valence-electron chi connectivity index (χ0n) is 7.81. The molecular formula is C10H11BrFNO. The second-order valence-electron chi connectivity index (χ2n) is 3.36. The predicted molar refractivity (Wildman–Crippen MR) is 56.3 cm³/mol. The summed E-state index contributed by atoms with van der Waals surface area (Å²) < 4.78 is 19.5. The van der Waals surface area contributed by atoms with Crippen molar-refractivity contribution in [3.8, 4) is 5.75 Å². The van der Waals surface area contributed by atoms with Gasteiger partial charge in [0.2, 0.25) is 0 Å². The maximum absolute atomic E-state index is 13.6. The molecule has 1 aliphatic rings. The Morgan fingerprint density at radius 2 is 2.21 bits per heavy atom. The quantitative estimate of drug-likeness (QED) is 0.880. The first-order valence-corrected chi connectivity index (χ1v) is 5.25. The molecule has 1 saturated heterocycles. The first kappa shape index (κ1) is 9.93. The van der Waals surface area contributed by atoms with Gasteiger partial charge < -0.3 is 10.1 Å². The van der Waals surface area contributed by atoms with Crippen molar-refractivity contribution in [1.82, 2.24) is 5.32 Å². The molecular weight excluding hydrogens is 249 g/mol. The number of ether oxygens (including phenoxy) is 1. The zero-order chi connectivity index (χ0) is 10.1. The summed E-state index contributed by atoms with van der Waals surface area (Å²) in [6, 6.07) is 3.28. The van der Waals surface area contributed by atoms with E-state index < -0.39 is 0 Å². The highest BCUT2D eigenvalue weighted by molar-refractivity contribution is 9.10. The van der Waals surface area contributed by atoms with E-state index in [0.29, 0.717) is 15.8 Å². The summed E-state index contributed by atoms with van der Waals surface area (Å²) >= 11 is 3.24. The van der Waals surface area contributed by atoms with Crippen molar-refractivity contribution < 1.29 is 9.13 Å². The third-order valence-corrected chi connectivity index (χ3v) is 2.92. The molecule has 1 heterocycles. The fourth-order valence-corrected chi connectivity index (χ4v) is 2.03. The Morgan fingerprint density at radius 1 is 1.50 bits per heavy atom. The Kier molecular flexibility index (Phi) is 2.74. The number of nitrogens with one attached hydrogen (secondary N) is 1. The van der Waals surface area contributed by atoms with Gasteiger partial charge in [0, 0.05) is 29.0 Å². The minimum atomic E-state index is -0.192. The maximum Gasteiger partial charge on any atom is 0.131 e. The van der Waals surface area contributed by atoms with Crippen LogP contribution in [0.1, 0.15) is 11.5 Å². The molecule has 0 unspecified atom stereocenters. The van der Waals surface area contributed by atoms with E-state index in [0.717, 1.165) is 13.1 Å². The number of benzene rings is 1. The van der Waals surface area contributed by atoms with Crippen LogP contribution in [0, 0.1) is 5.82 Å². The van der Waals surface area contributed by atoms with Crippen LogP contribution in [0.25, 0.3) is 0 Å². The molecule has 1 N–H and O–H groups in total. The summed E-state index contributed by atoms with van der Waals surface area (Å²) in [4.78, 5) is 0. The summed E-state index contributed by atoms with van der Waals surface area (Å²) in [5.41, 5.74) is 0.689. The van der Waals surface area contributed by atoms with Crippen molar-refractivity contribution in [2.24, 2.45) is 0 Å². The Balaban J connectivity index is 2.44. The first-order valence-electron chi connectivity index (χ1n) is 4.46. The van der Waals surface area contributed by atoms with Crippen molar-refractivity contribution >= 4 is 15.9 Å². The summed E-state index contributed by atoms with van der Waals surface area (Å²) in [6.45, 7) is 1.66. The normalized spacial score (nSPS) is 16.5. The Hall–Kier alpha value is -0.610. The number of hydrogen-bond donors (Lipinski definition) is 1. The smallest absolute Gasteiger partial charge is 0.131 e. The molecule has 1 aromatic rings. The van der Waals surface area contributed by atoms with Gasteiger partial charge in [-0.3, -0.25) is 0 Å². The van der Waals surface area contributed by atoms with Crippen LogP contribution < -0.4 is 10.1 Å². The Morgan fingerprint density at radius 3 is 2.71 bits per heavy atom. The standard InChI is InChI=1S/C10H11BrFNO/c1-14-9-3-7(11)2-8(12)10(9)6-4-13-5-6/h2-3,6,13H,4-5H2,1H3. The molecule has 0 aromatic heterocycles. The van der Waals surface area contributed by atoms with Crippen LogP contribution in [0.4, 0.5) is 4.39 Å². The van der Waals surface area contributed by atoms with E-state index in [9.17, 15) is 4.39 Å². The van der Waals surface area contributed by atoms with E-state index in [1.165, 1.54) is 6.07 Å². The molecule has 76 valence electrons. The minimum absolute atomic E-state index is 0.192. The molecule has 14 heavy (non-hydrogen) atoms. The second kappa shape index (κ2) is 3.87. The minimum Gasteiger partial charge on any atom is -0.496 e. The van der Waals surface area contributed by atoms with Gasteiger partial charge in [-0.25, -0.2) is 4.39 Å². The van der Waals surface area contributed by atoms with E-state index in [1.807, 2.05) is 0 Å². The SMILES string of the molecule is COc1cc(Br)cc(F)c1C1CNC1. The summed E-state index contributed by atoms with van der Waals surface area (Å²) in [6.07, 6.45) is 0. The van der Waals surface area contributed by atoms with Crippen molar-refractivity contribution in [1.29, 1.82) is 0 Å². The molecule has 0 aliphatic carbocycles. The van der Waals surface area contributed by atoms with Gasteiger partial charge in [0.1, 0.15) is 11.6 Å². The number of hydrogen-bond acceptors (Lipinski definition) is 2. The molecule has 4 heteroatoms. The van der Waals surface area contributed by atoms with Crippen LogP contribution >= 0.6 is 15.9 Å². The van der Waals surface area contributed by atoms with Crippen molar-refractivity contribution in [3.63, 3.8) is 0 Å². The van der Waals surface area contributed by atoms with Crippen LogP contribution in [-0.4, -0.2) is 20.2 Å². The topological polar surface area (TPSA) is 21.3 Å². The molecule has 0 atom stereocenters. The Labute approximate surface area is 90.6 Å². The van der Waals surface area contributed by atoms with E-state index in [4.69, 9.17) is 4.74 Å². The predicted octanol–water partition coefficient (Wildman–Crippen LogP) is 2.28. The van der Waals surface area contributed by atoms with Gasteiger partial charge in [0.05, 0.1) is 7.11 Å². The molecule has 0 saturated carbocycles. The van der Waals surface area contributed by atoms with Crippen LogP contribution in [0.3, 0.4) is 0 Å². The Bertz CT molecular complexity index is 352. The van der Waals surface area contributed by atoms with Crippen molar-refractivity contribution in [2.45, 2.75) is 5.92 Å². The van der Waals surface area contributed by atoms with Crippen molar-refractivity contribution in [2.75, 3.05) is 20.2 Å². The zero-order valence-corrected chi connectivity index (χ0v) is 9.40. The van der Waals surface area contributed by atoms with E-state index in [-0.39, 0.29) is 11.7 Å². The lowest BCUT2D eigenvalue weighted by Crippen LogP contribution is -2.40. The van der Waals surface area contributed by atoms with Gasteiger partial charge in [-0.05, 0) is 12.1 Å². The summed E-state index contributed by atoms with van der Waals surface area (Å²) in [7, 11) is 1.57. The lowest BCUT2D eigenvalue weighted by atomic mass is 9.92. The van der Waals surface area contributed by atoms with Crippen LogP contribution in [0.15, 0.2) is 16.6 Å². The monoisotopic (exact) mass is 259 g/mol. The second-order valence-corrected chi connectivity index (χ2v) is 4.27. The largest absolute Gasteiger partial charge is 0.496 e. The average Bonchev–Trinajstić information content (AvgIpc) is 2.05. The van der Waals surface area contributed by atoms with Gasteiger partial charge >= 0.3 is 0 Å². The van der Waals surface area contributed by atoms with E-state index in [1.54, 1.807) is 13.2 Å². The highest BCUT2D eigenvalue weighted by Gasteiger charge is 2.26. The fraction of sp³-hybridized carbons (Fsp3) is 0.400. The molecule has 1 aromatic carbocycles. The molecule has 0 spiro atoms. The van der Waals surface area contributed by atoms with Gasteiger partial charge in [-0.1, -0.05) is 15.9 Å². The van der Waals surface area contributed by atoms with Gasteiger partial charge in [-0.2, -0.15) is 0 Å². The fourth-order valence-electron chi connectivity index (χ4n) is 1.62. The highest BCUT2D eigenvalue weighted by atomic mass is 79.9. The lowest BCUT2D eigenvalue weighted by Gasteiger charge is -2.29. The van der Waals surface area contributed by atoms with Crippen LogP contribution in [0.2, 0.25) is 0 Å². The number of halogens is 2. The van der Waals surface area contributed by atoms with Gasteiger partial charge in [0.15, 0.2) is 0 Å². The van der Waals surface area contributed by atoms with Gasteiger partial charge in [0.25, 0.3) is 0 Å². The van der Waals surface area contributed by atoms with E-state index >= 15 is 0 Å². The summed E-state index contributed by atoms with van der Waals surface area (Å²) in [5.74, 6) is 0.684.